The first kappa shape index (κ1) is 85.8. The molecule has 3 rings (SSSR count). The highest BCUT2D eigenvalue weighted by Crippen LogP contribution is 2.33. The predicted octanol–water partition coefficient (Wildman–Crippen LogP) is 11.6. The fourth-order valence-electron chi connectivity index (χ4n) is 13.4. The zero-order chi connectivity index (χ0) is 67.5. The van der Waals surface area contributed by atoms with Crippen molar-refractivity contribution in [1.29, 1.82) is 0 Å². The van der Waals surface area contributed by atoms with Crippen LogP contribution in [0.3, 0.4) is 0 Å². The number of ether oxygens (including phenoxy) is 6. The molecule has 12 N–H and O–H groups in total. The van der Waals surface area contributed by atoms with E-state index in [-0.39, 0.29) is 18.9 Å². The van der Waals surface area contributed by atoms with Crippen molar-refractivity contribution in [2.45, 2.75) is 426 Å². The number of allylic oxidation sites excluding steroid dienone is 2. The van der Waals surface area contributed by atoms with Crippen molar-refractivity contribution in [3.05, 3.63) is 12.2 Å². The summed E-state index contributed by atoms with van der Waals surface area (Å²) < 4.78 is 34.5. The van der Waals surface area contributed by atoms with E-state index in [1.807, 2.05) is 0 Å². The summed E-state index contributed by atoms with van der Waals surface area (Å²) in [4.78, 5) is 13.4. The summed E-state index contributed by atoms with van der Waals surface area (Å²) in [6, 6.07) is -0.888. The second-order valence-electron chi connectivity index (χ2n) is 27.8. The van der Waals surface area contributed by atoms with Gasteiger partial charge in [-0.2, -0.15) is 0 Å². The summed E-state index contributed by atoms with van der Waals surface area (Å²) in [5, 5.41) is 121. The van der Waals surface area contributed by atoms with Gasteiger partial charge in [-0.25, -0.2) is 0 Å². The third-order valence-electron chi connectivity index (χ3n) is 19.6. The smallest absolute Gasteiger partial charge is 0.220 e. The summed E-state index contributed by atoms with van der Waals surface area (Å²) in [7, 11) is 0. The molecule has 0 bridgehead atoms. The monoisotopic (exact) mass is 1330 g/mol. The van der Waals surface area contributed by atoms with Crippen LogP contribution in [0.1, 0.15) is 322 Å². The fourth-order valence-corrected chi connectivity index (χ4v) is 13.4. The van der Waals surface area contributed by atoms with Gasteiger partial charge in [-0.1, -0.05) is 289 Å². The number of hydrogen-bond donors (Lipinski definition) is 12. The Kier molecular flexibility index (Phi) is 51.9. The van der Waals surface area contributed by atoms with Crippen LogP contribution in [0.15, 0.2) is 12.2 Å². The van der Waals surface area contributed by atoms with Crippen LogP contribution in [0.2, 0.25) is 0 Å². The maximum atomic E-state index is 13.4. The van der Waals surface area contributed by atoms with Gasteiger partial charge in [-0.3, -0.25) is 4.79 Å². The van der Waals surface area contributed by atoms with E-state index >= 15 is 0 Å². The molecule has 1 amide bonds. The molecule has 3 aliphatic heterocycles. The van der Waals surface area contributed by atoms with E-state index in [1.54, 1.807) is 0 Å². The second-order valence-corrected chi connectivity index (χ2v) is 27.8. The number of carbonyl (C=O) groups is 1. The minimum Gasteiger partial charge on any atom is -0.394 e. The van der Waals surface area contributed by atoms with Gasteiger partial charge in [0.15, 0.2) is 18.9 Å². The molecule has 0 radical (unpaired) electrons. The minimum atomic E-state index is -1.97. The Balaban J connectivity index is 1.36. The van der Waals surface area contributed by atoms with E-state index in [9.17, 15) is 61.0 Å². The van der Waals surface area contributed by atoms with Gasteiger partial charge in [0.05, 0.1) is 38.6 Å². The highest BCUT2D eigenvalue weighted by Gasteiger charge is 2.53. The normalized spacial score (nSPS) is 27.5. The van der Waals surface area contributed by atoms with Gasteiger partial charge >= 0.3 is 0 Å². The molecule has 17 unspecified atom stereocenters. The zero-order valence-corrected chi connectivity index (χ0v) is 58.5. The Morgan fingerprint density at radius 1 is 0.376 bits per heavy atom. The van der Waals surface area contributed by atoms with Crippen molar-refractivity contribution in [2.24, 2.45) is 0 Å². The van der Waals surface area contributed by atoms with Gasteiger partial charge in [0.25, 0.3) is 0 Å². The lowest BCUT2D eigenvalue weighted by molar-refractivity contribution is -0.379. The SMILES string of the molecule is CCCCCCCC/C=C\CCCCCCCCCC(=O)NC(COC1OC(CO)C(OC2OC(CO)C(OC3OC(CO)C(O)C(O)C3O)C(O)C2O)C(O)C1O)C(O)CCCCCCCCCCCCCCCCCCCCCCCCCCCCCCCCC. The maximum absolute atomic E-state index is 13.4. The molecule has 3 heterocycles. The molecule has 3 fully saturated rings. The highest BCUT2D eigenvalue weighted by molar-refractivity contribution is 5.76. The standard InChI is InChI=1S/C74H141NO18/c1-3-5-7-9-11-13-15-17-19-21-22-23-24-25-26-27-28-29-30-31-32-33-34-36-37-39-41-43-45-47-49-51-58(79)57(75-62(80)52-50-48-46-44-42-40-38-35-20-18-16-14-12-10-8-6-4-2)56-88-72-68(86)65(83)70(60(54-77)90-72)93-74-69(87)66(84)71(61(55-78)91-74)92-73-67(85)64(82)63(81)59(53-76)89-73/h18,20,57-61,63-74,76-79,81-87H,3-17,19,21-56H2,1-2H3,(H,75,80)/b20-18-. The quantitative estimate of drug-likeness (QED) is 0.0199. The lowest BCUT2D eigenvalue weighted by atomic mass is 9.96. The molecule has 0 aromatic heterocycles. The number of hydrogen-bond acceptors (Lipinski definition) is 18. The van der Waals surface area contributed by atoms with Crippen LogP contribution in [-0.2, 0) is 33.2 Å². The Morgan fingerprint density at radius 2 is 0.677 bits per heavy atom. The minimum absolute atomic E-state index is 0.242. The summed E-state index contributed by atoms with van der Waals surface area (Å²) in [6.45, 7) is 1.84. The molecule has 3 aliphatic rings. The fraction of sp³-hybridized carbons (Fsp3) is 0.959. The molecule has 3 saturated heterocycles. The summed E-state index contributed by atoms with van der Waals surface area (Å²) in [5.41, 5.74) is 0. The van der Waals surface area contributed by atoms with Crippen LogP contribution < -0.4 is 5.32 Å². The van der Waals surface area contributed by atoms with Gasteiger partial charge in [0, 0.05) is 6.42 Å². The third kappa shape index (κ3) is 37.5. The average Bonchev–Trinajstić information content (AvgIpc) is 0.815. The molecule has 0 aromatic rings. The van der Waals surface area contributed by atoms with Gasteiger partial charge < -0.3 is 89.9 Å². The summed E-state index contributed by atoms with van der Waals surface area (Å²) in [6.07, 6.45) is 37.3. The van der Waals surface area contributed by atoms with E-state index in [0.717, 1.165) is 57.8 Å². The Bertz CT molecular complexity index is 1730. The molecular weight excluding hydrogens is 1190 g/mol. The molecule has 19 nitrogen and oxygen atoms in total. The molecule has 0 saturated carbocycles. The van der Waals surface area contributed by atoms with E-state index in [0.29, 0.717) is 12.8 Å². The Labute approximate surface area is 563 Å². The number of aliphatic hydroxyl groups is 11. The third-order valence-corrected chi connectivity index (χ3v) is 19.6. The van der Waals surface area contributed by atoms with Crippen molar-refractivity contribution in [3.8, 4) is 0 Å². The predicted molar refractivity (Wildman–Crippen MR) is 365 cm³/mol. The Morgan fingerprint density at radius 3 is 1.04 bits per heavy atom. The first-order valence-electron chi connectivity index (χ1n) is 38.4. The van der Waals surface area contributed by atoms with Crippen LogP contribution in [0.25, 0.3) is 0 Å². The maximum Gasteiger partial charge on any atom is 0.220 e. The average molecular weight is 1330 g/mol. The number of amides is 1. The van der Waals surface area contributed by atoms with Gasteiger partial charge in [0.1, 0.15) is 73.2 Å². The molecule has 0 spiro atoms. The van der Waals surface area contributed by atoms with Gasteiger partial charge in [0.2, 0.25) is 5.91 Å². The van der Waals surface area contributed by atoms with E-state index in [2.05, 4.69) is 31.3 Å². The van der Waals surface area contributed by atoms with Crippen LogP contribution in [0, 0.1) is 0 Å². The second kappa shape index (κ2) is 56.3. The van der Waals surface area contributed by atoms with Crippen LogP contribution in [-0.4, -0.2) is 193 Å². The molecular formula is C74H141NO18. The molecule has 550 valence electrons. The number of rotatable bonds is 61. The molecule has 0 aliphatic carbocycles. The van der Waals surface area contributed by atoms with Crippen molar-refractivity contribution >= 4 is 5.91 Å². The number of nitrogens with one attached hydrogen (secondary N) is 1. The van der Waals surface area contributed by atoms with Crippen molar-refractivity contribution in [2.75, 3.05) is 26.4 Å². The van der Waals surface area contributed by atoms with Crippen LogP contribution in [0.4, 0.5) is 0 Å². The number of carbonyl (C=O) groups excluding carboxylic acids is 1. The van der Waals surface area contributed by atoms with Crippen molar-refractivity contribution in [1.82, 2.24) is 5.32 Å². The van der Waals surface area contributed by atoms with E-state index < -0.39 is 124 Å². The first-order valence-corrected chi connectivity index (χ1v) is 38.4. The number of unbranched alkanes of at least 4 members (excludes halogenated alkanes) is 43. The van der Waals surface area contributed by atoms with E-state index in [1.165, 1.54) is 231 Å². The first-order chi connectivity index (χ1) is 45.3. The highest BCUT2D eigenvalue weighted by atomic mass is 16.8. The molecule has 93 heavy (non-hydrogen) atoms. The molecule has 19 heteroatoms. The summed E-state index contributed by atoms with van der Waals surface area (Å²) in [5.74, 6) is -0.242. The van der Waals surface area contributed by atoms with E-state index in [4.69, 9.17) is 28.4 Å². The van der Waals surface area contributed by atoms with Crippen LogP contribution in [0.5, 0.6) is 0 Å². The Hall–Kier alpha value is -1.47. The summed E-state index contributed by atoms with van der Waals surface area (Å²) >= 11 is 0. The molecule has 0 aromatic carbocycles. The lowest BCUT2D eigenvalue weighted by Gasteiger charge is -2.48. The van der Waals surface area contributed by atoms with Gasteiger partial charge in [-0.15, -0.1) is 0 Å². The lowest BCUT2D eigenvalue weighted by Crippen LogP contribution is -2.66. The number of aliphatic hydroxyl groups excluding tert-OH is 11. The molecule has 17 atom stereocenters. The van der Waals surface area contributed by atoms with Gasteiger partial charge in [-0.05, 0) is 38.5 Å². The topological polar surface area (TPSA) is 307 Å². The largest absolute Gasteiger partial charge is 0.394 e. The van der Waals surface area contributed by atoms with Crippen molar-refractivity contribution < 1.29 is 89.4 Å². The van der Waals surface area contributed by atoms with Crippen LogP contribution >= 0.6 is 0 Å². The van der Waals surface area contributed by atoms with Crippen molar-refractivity contribution in [3.63, 3.8) is 0 Å². The zero-order valence-electron chi connectivity index (χ0n) is 58.5.